The van der Waals surface area contributed by atoms with Gasteiger partial charge < -0.3 is 21.1 Å². The number of urea groups is 1. The van der Waals surface area contributed by atoms with E-state index in [1.165, 1.54) is 0 Å². The van der Waals surface area contributed by atoms with Crippen LogP contribution in [0.5, 0.6) is 0 Å². The van der Waals surface area contributed by atoms with Crippen LogP contribution in [0.25, 0.3) is 0 Å². The van der Waals surface area contributed by atoms with E-state index in [1.54, 1.807) is 0 Å². The molecule has 0 aromatic heterocycles. The average Bonchev–Trinajstić information content (AvgIpc) is 2.73. The van der Waals surface area contributed by atoms with Crippen molar-refractivity contribution in [3.05, 3.63) is 0 Å². The molecule has 0 bridgehead atoms. The van der Waals surface area contributed by atoms with Gasteiger partial charge in [-0.05, 0) is 39.3 Å². The minimum Gasteiger partial charge on any atom is -0.481 e. The molecule has 17 heavy (non-hydrogen) atoms. The fraction of sp³-hybridized carbons (Fsp3) is 0.818. The maximum atomic E-state index is 11.4. The minimum atomic E-state index is -0.760. The van der Waals surface area contributed by atoms with Crippen LogP contribution in [0.15, 0.2) is 0 Å². The molecule has 6 nitrogen and oxygen atoms in total. The number of aliphatic carboxylic acids is 1. The number of nitrogens with one attached hydrogen (secondary N) is 3. The minimum absolute atomic E-state index is 0.000371. The van der Waals surface area contributed by atoms with Crippen molar-refractivity contribution in [2.24, 2.45) is 5.92 Å². The second kappa shape index (κ2) is 7.11. The van der Waals surface area contributed by atoms with Gasteiger partial charge in [0.2, 0.25) is 0 Å². The molecule has 4 N–H and O–H groups in total. The molecular formula is C11H21N3O3. The maximum Gasteiger partial charge on any atom is 0.315 e. The van der Waals surface area contributed by atoms with E-state index in [0.717, 1.165) is 19.4 Å². The van der Waals surface area contributed by atoms with Crippen LogP contribution in [-0.4, -0.2) is 43.3 Å². The SMILES string of the molecule is CNCCCNC(=O)NC1CCC(C(=O)O)C1. The highest BCUT2D eigenvalue weighted by Gasteiger charge is 2.30. The molecule has 1 aliphatic carbocycles. The van der Waals surface area contributed by atoms with Gasteiger partial charge in [0.25, 0.3) is 0 Å². The van der Waals surface area contributed by atoms with E-state index in [4.69, 9.17) is 5.11 Å². The first-order valence-corrected chi connectivity index (χ1v) is 6.05. The Morgan fingerprint density at radius 3 is 2.65 bits per heavy atom. The van der Waals surface area contributed by atoms with Crippen LogP contribution in [0.3, 0.4) is 0 Å². The summed E-state index contributed by atoms with van der Waals surface area (Å²) in [6, 6.07) is -0.197. The van der Waals surface area contributed by atoms with Crippen molar-refractivity contribution >= 4 is 12.0 Å². The van der Waals surface area contributed by atoms with Crippen molar-refractivity contribution in [2.45, 2.75) is 31.7 Å². The first kappa shape index (κ1) is 13.8. The molecule has 0 heterocycles. The molecule has 0 saturated heterocycles. The number of carbonyl (C=O) groups excluding carboxylic acids is 1. The number of carbonyl (C=O) groups is 2. The Hall–Kier alpha value is -1.30. The third-order valence-electron chi connectivity index (χ3n) is 3.01. The van der Waals surface area contributed by atoms with Crippen molar-refractivity contribution in [3.8, 4) is 0 Å². The van der Waals surface area contributed by atoms with Crippen LogP contribution in [0.1, 0.15) is 25.7 Å². The zero-order valence-corrected chi connectivity index (χ0v) is 10.2. The Bertz CT molecular complexity index is 271. The lowest BCUT2D eigenvalue weighted by molar-refractivity contribution is -0.141. The van der Waals surface area contributed by atoms with E-state index in [0.29, 0.717) is 19.4 Å². The van der Waals surface area contributed by atoms with Crippen LogP contribution in [0.2, 0.25) is 0 Å². The second-order valence-electron chi connectivity index (χ2n) is 4.40. The van der Waals surface area contributed by atoms with E-state index >= 15 is 0 Å². The fourth-order valence-corrected chi connectivity index (χ4v) is 2.04. The molecule has 1 rings (SSSR count). The molecule has 2 atom stereocenters. The average molecular weight is 243 g/mol. The zero-order chi connectivity index (χ0) is 12.7. The Balaban J connectivity index is 2.13. The van der Waals surface area contributed by atoms with E-state index in [1.807, 2.05) is 7.05 Å². The number of carboxylic acids is 1. The van der Waals surface area contributed by atoms with Crippen LogP contribution in [0.4, 0.5) is 4.79 Å². The number of rotatable bonds is 6. The largest absolute Gasteiger partial charge is 0.481 e. The summed E-state index contributed by atoms with van der Waals surface area (Å²) in [6.07, 6.45) is 2.83. The predicted octanol–water partition coefficient (Wildman–Crippen LogP) is 0.148. The summed E-state index contributed by atoms with van der Waals surface area (Å²) in [4.78, 5) is 22.2. The smallest absolute Gasteiger partial charge is 0.315 e. The molecule has 1 saturated carbocycles. The fourth-order valence-electron chi connectivity index (χ4n) is 2.04. The molecule has 0 spiro atoms. The van der Waals surface area contributed by atoms with E-state index < -0.39 is 5.97 Å². The summed E-state index contributed by atoms with van der Waals surface area (Å²) in [5, 5.41) is 17.4. The molecule has 6 heteroatoms. The number of carboxylic acid groups (broad SMARTS) is 1. The van der Waals surface area contributed by atoms with Crippen LogP contribution < -0.4 is 16.0 Å². The third kappa shape index (κ3) is 5.04. The van der Waals surface area contributed by atoms with Crippen LogP contribution >= 0.6 is 0 Å². The summed E-state index contributed by atoms with van der Waals surface area (Å²) < 4.78 is 0. The molecule has 0 aromatic rings. The van der Waals surface area contributed by atoms with Crippen molar-refractivity contribution < 1.29 is 14.7 Å². The standard InChI is InChI=1S/C11H21N3O3/c1-12-5-2-6-13-11(17)14-9-4-3-8(7-9)10(15)16/h8-9,12H,2-7H2,1H3,(H,15,16)(H2,13,14,17). The molecule has 0 radical (unpaired) electrons. The van der Waals surface area contributed by atoms with E-state index in [9.17, 15) is 9.59 Å². The molecule has 1 aliphatic rings. The number of hydrogen-bond donors (Lipinski definition) is 4. The van der Waals surface area contributed by atoms with Crippen molar-refractivity contribution in [3.63, 3.8) is 0 Å². The van der Waals surface area contributed by atoms with Gasteiger partial charge in [-0.25, -0.2) is 4.79 Å². The van der Waals surface area contributed by atoms with Crippen LogP contribution in [0, 0.1) is 5.92 Å². The Morgan fingerprint density at radius 1 is 1.29 bits per heavy atom. The highest BCUT2D eigenvalue weighted by molar-refractivity contribution is 5.75. The summed E-state index contributed by atoms with van der Waals surface area (Å²) in [6.45, 7) is 1.49. The van der Waals surface area contributed by atoms with Gasteiger partial charge >= 0.3 is 12.0 Å². The van der Waals surface area contributed by atoms with Crippen molar-refractivity contribution in [1.29, 1.82) is 0 Å². The van der Waals surface area contributed by atoms with E-state index in [-0.39, 0.29) is 18.0 Å². The number of hydrogen-bond acceptors (Lipinski definition) is 3. The van der Waals surface area contributed by atoms with Gasteiger partial charge in [-0.2, -0.15) is 0 Å². The lowest BCUT2D eigenvalue weighted by Gasteiger charge is -2.13. The molecule has 2 unspecified atom stereocenters. The van der Waals surface area contributed by atoms with Gasteiger partial charge in [0.05, 0.1) is 5.92 Å². The third-order valence-corrected chi connectivity index (χ3v) is 3.01. The number of amides is 2. The molecule has 0 aliphatic heterocycles. The first-order valence-electron chi connectivity index (χ1n) is 6.05. The predicted molar refractivity (Wildman–Crippen MR) is 63.8 cm³/mol. The summed E-state index contributed by atoms with van der Waals surface area (Å²) >= 11 is 0. The summed E-state index contributed by atoms with van der Waals surface area (Å²) in [5.74, 6) is -1.06. The van der Waals surface area contributed by atoms with Gasteiger partial charge in [0, 0.05) is 12.6 Å². The molecule has 2 amide bonds. The quantitative estimate of drug-likeness (QED) is 0.500. The van der Waals surface area contributed by atoms with Crippen molar-refractivity contribution in [1.82, 2.24) is 16.0 Å². The van der Waals surface area contributed by atoms with Gasteiger partial charge in [-0.15, -0.1) is 0 Å². The molecule has 98 valence electrons. The monoisotopic (exact) mass is 243 g/mol. The Kier molecular flexibility index (Phi) is 5.76. The normalized spacial score (nSPS) is 23.4. The highest BCUT2D eigenvalue weighted by atomic mass is 16.4. The van der Waals surface area contributed by atoms with Gasteiger partial charge in [-0.1, -0.05) is 0 Å². The molecular weight excluding hydrogens is 222 g/mol. The van der Waals surface area contributed by atoms with Crippen molar-refractivity contribution in [2.75, 3.05) is 20.1 Å². The Labute approximate surface area is 101 Å². The van der Waals surface area contributed by atoms with Gasteiger partial charge in [0.15, 0.2) is 0 Å². The zero-order valence-electron chi connectivity index (χ0n) is 10.2. The van der Waals surface area contributed by atoms with Gasteiger partial charge in [-0.3, -0.25) is 4.79 Å². The molecule has 1 fully saturated rings. The summed E-state index contributed by atoms with van der Waals surface area (Å²) in [5.41, 5.74) is 0. The van der Waals surface area contributed by atoms with Crippen LogP contribution in [-0.2, 0) is 4.79 Å². The first-order chi connectivity index (χ1) is 8.13. The van der Waals surface area contributed by atoms with Gasteiger partial charge in [0.1, 0.15) is 0 Å². The second-order valence-corrected chi connectivity index (χ2v) is 4.40. The van der Waals surface area contributed by atoms with E-state index in [2.05, 4.69) is 16.0 Å². The lowest BCUT2D eigenvalue weighted by atomic mass is 10.1. The summed E-state index contributed by atoms with van der Waals surface area (Å²) in [7, 11) is 1.87. The maximum absolute atomic E-state index is 11.4. The highest BCUT2D eigenvalue weighted by Crippen LogP contribution is 2.25. The lowest BCUT2D eigenvalue weighted by Crippen LogP contribution is -2.41. The topological polar surface area (TPSA) is 90.5 Å². The Morgan fingerprint density at radius 2 is 2.06 bits per heavy atom. The molecule has 0 aromatic carbocycles.